The largest absolute Gasteiger partial charge is 0.497 e. The molecule has 1 heterocycles. The molecule has 4 nitrogen and oxygen atoms in total. The van der Waals surface area contributed by atoms with Gasteiger partial charge in [0, 0.05) is 23.1 Å². The third-order valence-corrected chi connectivity index (χ3v) is 3.05. The second kappa shape index (κ2) is 6.39. The third kappa shape index (κ3) is 3.27. The highest BCUT2D eigenvalue weighted by Gasteiger charge is 2.08. The van der Waals surface area contributed by atoms with Crippen molar-refractivity contribution in [3.63, 3.8) is 0 Å². The molecule has 104 valence electrons. The van der Waals surface area contributed by atoms with E-state index in [4.69, 9.17) is 21.1 Å². The molecule has 5 heteroatoms. The van der Waals surface area contributed by atoms with Crippen LogP contribution in [0.2, 0.25) is 5.15 Å². The summed E-state index contributed by atoms with van der Waals surface area (Å²) in [6, 6.07) is 7.38. The Bertz CT molecular complexity index is 667. The lowest BCUT2D eigenvalue weighted by Crippen LogP contribution is -2.02. The maximum atomic E-state index is 11.3. The molecule has 2 rings (SSSR count). The lowest BCUT2D eigenvalue weighted by molar-refractivity contribution is -0.139. The molecule has 0 aliphatic heterocycles. The summed E-state index contributed by atoms with van der Waals surface area (Å²) in [4.78, 5) is 15.6. The molecule has 0 N–H and O–H groups in total. The van der Waals surface area contributed by atoms with E-state index in [1.54, 1.807) is 26.2 Å². The number of nitrogens with zero attached hydrogens (tertiary/aromatic N) is 1. The first-order valence-corrected chi connectivity index (χ1v) is 6.44. The number of benzene rings is 1. The van der Waals surface area contributed by atoms with Crippen LogP contribution in [0.25, 0.3) is 10.9 Å². The van der Waals surface area contributed by atoms with Crippen LogP contribution in [-0.4, -0.2) is 18.1 Å². The minimum absolute atomic E-state index is 0.0942. The number of rotatable bonds is 4. The predicted octanol–water partition coefficient (Wildman–Crippen LogP) is 3.52. The fraction of sp³-hybridized carbons (Fsp3) is 0.200. The number of hydrogen-bond donors (Lipinski definition) is 0. The van der Waals surface area contributed by atoms with Gasteiger partial charge >= 0.3 is 5.97 Å². The van der Waals surface area contributed by atoms with Crippen molar-refractivity contribution in [3.8, 4) is 5.75 Å². The fourth-order valence-electron chi connectivity index (χ4n) is 1.73. The fourth-order valence-corrected chi connectivity index (χ4v) is 1.93. The van der Waals surface area contributed by atoms with E-state index >= 15 is 0 Å². The van der Waals surface area contributed by atoms with Gasteiger partial charge in [0.2, 0.25) is 0 Å². The molecule has 0 unspecified atom stereocenters. The van der Waals surface area contributed by atoms with E-state index in [2.05, 4.69) is 4.98 Å². The van der Waals surface area contributed by atoms with Gasteiger partial charge in [0.05, 0.1) is 12.6 Å². The molecule has 0 atom stereocenters. The molecule has 20 heavy (non-hydrogen) atoms. The first-order valence-electron chi connectivity index (χ1n) is 6.06. The summed E-state index contributed by atoms with van der Waals surface area (Å²) in [5.74, 6) is 0.312. The second-order valence-electron chi connectivity index (χ2n) is 4.10. The second-order valence-corrected chi connectivity index (χ2v) is 4.46. The van der Waals surface area contributed by atoms with Crippen molar-refractivity contribution < 1.29 is 14.3 Å². The summed E-state index contributed by atoms with van der Waals surface area (Å²) < 4.78 is 10.2. The number of esters is 1. The van der Waals surface area contributed by atoms with Crippen LogP contribution in [0.1, 0.15) is 12.5 Å². The smallest absolute Gasteiger partial charge is 0.330 e. The minimum atomic E-state index is -0.404. The van der Waals surface area contributed by atoms with Gasteiger partial charge in [0.25, 0.3) is 0 Å². The molecule has 0 aliphatic carbocycles. The predicted molar refractivity (Wildman–Crippen MR) is 77.9 cm³/mol. The number of hydrogen-bond acceptors (Lipinski definition) is 4. The van der Waals surface area contributed by atoms with Crippen LogP contribution in [0, 0.1) is 0 Å². The monoisotopic (exact) mass is 291 g/mol. The van der Waals surface area contributed by atoms with Crippen LogP contribution in [0.3, 0.4) is 0 Å². The zero-order chi connectivity index (χ0) is 14.5. The van der Waals surface area contributed by atoms with Gasteiger partial charge in [-0.2, -0.15) is 0 Å². The topological polar surface area (TPSA) is 48.4 Å². The lowest BCUT2D eigenvalue weighted by Gasteiger charge is -2.07. The Labute approximate surface area is 122 Å². The zero-order valence-electron chi connectivity index (χ0n) is 11.2. The highest BCUT2D eigenvalue weighted by Crippen LogP contribution is 2.24. The van der Waals surface area contributed by atoms with Crippen molar-refractivity contribution in [2.45, 2.75) is 13.5 Å². The molecule has 0 bridgehead atoms. The van der Waals surface area contributed by atoms with E-state index in [1.807, 2.05) is 18.2 Å². The average Bonchev–Trinajstić information content (AvgIpc) is 2.44. The number of methoxy groups -OCH3 is 1. The number of aromatic nitrogens is 1. The van der Waals surface area contributed by atoms with Crippen LogP contribution in [0.5, 0.6) is 5.75 Å². The summed E-state index contributed by atoms with van der Waals surface area (Å²) in [7, 11) is 1.60. The minimum Gasteiger partial charge on any atom is -0.497 e. The Morgan fingerprint density at radius 1 is 1.40 bits per heavy atom. The number of fused-ring (bicyclic) bond motifs is 1. The number of carbonyl (C=O) groups excluding carboxylic acids is 1. The highest BCUT2D eigenvalue weighted by molar-refractivity contribution is 6.30. The molecular formula is C15H14ClNO3. The molecule has 1 aromatic heterocycles. The van der Waals surface area contributed by atoms with Gasteiger partial charge in [0.1, 0.15) is 17.5 Å². The lowest BCUT2D eigenvalue weighted by atomic mass is 10.1. The number of carbonyl (C=O) groups is 1. The Morgan fingerprint density at radius 2 is 2.20 bits per heavy atom. The van der Waals surface area contributed by atoms with Gasteiger partial charge in [-0.3, -0.25) is 0 Å². The van der Waals surface area contributed by atoms with E-state index in [0.29, 0.717) is 16.5 Å². The molecular weight excluding hydrogens is 278 g/mol. The zero-order valence-corrected chi connectivity index (χ0v) is 12.0. The molecule has 0 amide bonds. The number of pyridine rings is 1. The quantitative estimate of drug-likeness (QED) is 0.491. The molecule has 0 saturated heterocycles. The summed E-state index contributed by atoms with van der Waals surface area (Å²) in [5, 5.41) is 1.23. The van der Waals surface area contributed by atoms with E-state index in [9.17, 15) is 4.79 Å². The van der Waals surface area contributed by atoms with Crippen LogP contribution in [-0.2, 0) is 16.1 Å². The normalized spacial score (nSPS) is 10.9. The molecule has 0 radical (unpaired) electrons. The molecule has 2 aromatic rings. The maximum Gasteiger partial charge on any atom is 0.330 e. The van der Waals surface area contributed by atoms with E-state index < -0.39 is 5.97 Å². The number of halogens is 1. The average molecular weight is 292 g/mol. The molecule has 0 saturated carbocycles. The van der Waals surface area contributed by atoms with Crippen molar-refractivity contribution >= 4 is 28.5 Å². The van der Waals surface area contributed by atoms with Gasteiger partial charge in [0.15, 0.2) is 0 Å². The highest BCUT2D eigenvalue weighted by atomic mass is 35.5. The first kappa shape index (κ1) is 14.3. The van der Waals surface area contributed by atoms with E-state index in [-0.39, 0.29) is 6.61 Å². The maximum absolute atomic E-state index is 11.3. The van der Waals surface area contributed by atoms with Crippen LogP contribution in [0.4, 0.5) is 0 Å². The Morgan fingerprint density at radius 3 is 2.90 bits per heavy atom. The van der Waals surface area contributed by atoms with Gasteiger partial charge < -0.3 is 9.47 Å². The van der Waals surface area contributed by atoms with Crippen molar-refractivity contribution in [3.05, 3.63) is 47.1 Å². The molecule has 0 fully saturated rings. The number of allylic oxidation sites excluding steroid dienone is 1. The van der Waals surface area contributed by atoms with Crippen LogP contribution < -0.4 is 4.74 Å². The van der Waals surface area contributed by atoms with Crippen LogP contribution >= 0.6 is 11.6 Å². The first-order chi connectivity index (χ1) is 9.63. The molecule has 1 aromatic carbocycles. The van der Waals surface area contributed by atoms with Crippen molar-refractivity contribution in [2.24, 2.45) is 0 Å². The molecule has 0 spiro atoms. The Balaban J connectivity index is 2.26. The number of ether oxygens (including phenoxy) is 2. The van der Waals surface area contributed by atoms with E-state index in [1.165, 1.54) is 6.08 Å². The summed E-state index contributed by atoms with van der Waals surface area (Å²) in [6.07, 6.45) is 2.97. The van der Waals surface area contributed by atoms with Gasteiger partial charge in [-0.15, -0.1) is 0 Å². The van der Waals surface area contributed by atoms with E-state index in [0.717, 1.165) is 10.9 Å². The standard InChI is InChI=1S/C15H14ClNO3/c1-3-4-14(18)20-9-11-7-10-5-6-12(19-2)8-13(10)17-15(11)16/h3-8H,9H2,1-2H3/b4-3+. The van der Waals surface area contributed by atoms with Gasteiger partial charge in [-0.1, -0.05) is 17.7 Å². The SMILES string of the molecule is C/C=C/C(=O)OCc1cc2ccc(OC)cc2nc1Cl. The Kier molecular flexibility index (Phi) is 4.58. The van der Waals surface area contributed by atoms with Gasteiger partial charge in [-0.25, -0.2) is 9.78 Å². The summed E-state index contributed by atoms with van der Waals surface area (Å²) in [6.45, 7) is 1.84. The van der Waals surface area contributed by atoms with Gasteiger partial charge in [-0.05, 0) is 25.1 Å². The Hall–Kier alpha value is -2.07. The summed E-state index contributed by atoms with van der Waals surface area (Å²) >= 11 is 6.10. The summed E-state index contributed by atoms with van der Waals surface area (Å²) in [5.41, 5.74) is 1.40. The molecule has 0 aliphatic rings. The van der Waals surface area contributed by atoms with Crippen molar-refractivity contribution in [1.29, 1.82) is 0 Å². The van der Waals surface area contributed by atoms with Crippen molar-refractivity contribution in [2.75, 3.05) is 7.11 Å². The van der Waals surface area contributed by atoms with Crippen LogP contribution in [0.15, 0.2) is 36.4 Å². The third-order valence-electron chi connectivity index (χ3n) is 2.72. The van der Waals surface area contributed by atoms with Crippen molar-refractivity contribution in [1.82, 2.24) is 4.98 Å².